The number of hydrazone groups is 1. The predicted molar refractivity (Wildman–Crippen MR) is 93.7 cm³/mol. The fourth-order valence-corrected chi connectivity index (χ4v) is 1.84. The minimum Gasteiger partial charge on any atom is -0.494 e. The summed E-state index contributed by atoms with van der Waals surface area (Å²) in [5.74, 6) is 0.508. The number of hydrogen-bond acceptors (Lipinski definition) is 3. The lowest BCUT2D eigenvalue weighted by Gasteiger charge is -2.05. The second kappa shape index (κ2) is 9.20. The van der Waals surface area contributed by atoms with Crippen molar-refractivity contribution in [1.29, 1.82) is 0 Å². The van der Waals surface area contributed by atoms with E-state index in [1.807, 2.05) is 43.3 Å². The van der Waals surface area contributed by atoms with E-state index in [4.69, 9.17) is 4.74 Å². The second-order valence-corrected chi connectivity index (χ2v) is 4.86. The first-order chi connectivity index (χ1) is 11.3. The van der Waals surface area contributed by atoms with Crippen molar-refractivity contribution >= 4 is 18.2 Å². The van der Waals surface area contributed by atoms with Crippen LogP contribution in [0.2, 0.25) is 0 Å². The molecule has 1 amide bonds. The Labute approximate surface area is 136 Å². The maximum Gasteiger partial charge on any atom is 0.271 e. The number of rotatable bonds is 7. The van der Waals surface area contributed by atoms with Crippen molar-refractivity contribution in [2.45, 2.75) is 13.3 Å². The van der Waals surface area contributed by atoms with Gasteiger partial charge in [0.25, 0.3) is 5.91 Å². The Morgan fingerprint density at radius 3 is 2.57 bits per heavy atom. The highest BCUT2D eigenvalue weighted by Crippen LogP contribution is 2.12. The van der Waals surface area contributed by atoms with E-state index in [2.05, 4.69) is 10.5 Å². The fraction of sp³-hybridized carbons (Fsp3) is 0.158. The number of hydrogen-bond donors (Lipinski definition) is 1. The van der Waals surface area contributed by atoms with Crippen LogP contribution in [0.3, 0.4) is 0 Å². The molecule has 0 saturated heterocycles. The molecule has 2 aromatic rings. The van der Waals surface area contributed by atoms with E-state index in [-0.39, 0.29) is 5.91 Å². The molecule has 0 radical (unpaired) electrons. The van der Waals surface area contributed by atoms with Crippen LogP contribution in [0.4, 0.5) is 0 Å². The zero-order valence-corrected chi connectivity index (χ0v) is 13.1. The van der Waals surface area contributed by atoms with Crippen LogP contribution < -0.4 is 10.2 Å². The largest absolute Gasteiger partial charge is 0.494 e. The lowest BCUT2D eigenvalue weighted by molar-refractivity contribution is 0.0955. The minimum absolute atomic E-state index is 0.253. The highest BCUT2D eigenvalue weighted by molar-refractivity contribution is 5.94. The van der Waals surface area contributed by atoms with E-state index in [0.29, 0.717) is 12.2 Å². The van der Waals surface area contributed by atoms with Crippen LogP contribution in [0.15, 0.2) is 65.8 Å². The van der Waals surface area contributed by atoms with Crippen LogP contribution in [-0.2, 0) is 0 Å². The van der Waals surface area contributed by atoms with E-state index in [0.717, 1.165) is 17.7 Å². The molecule has 2 aromatic carbocycles. The van der Waals surface area contributed by atoms with E-state index in [1.54, 1.807) is 36.6 Å². The molecule has 4 heteroatoms. The number of amides is 1. The van der Waals surface area contributed by atoms with Gasteiger partial charge in [-0.25, -0.2) is 5.43 Å². The molecule has 0 aliphatic carbocycles. The predicted octanol–water partition coefficient (Wildman–Crippen LogP) is 3.90. The molecule has 23 heavy (non-hydrogen) atoms. The summed E-state index contributed by atoms with van der Waals surface area (Å²) in [4.78, 5) is 11.9. The van der Waals surface area contributed by atoms with Crippen molar-refractivity contribution < 1.29 is 9.53 Å². The summed E-state index contributed by atoms with van der Waals surface area (Å²) in [6.45, 7) is 2.72. The Hall–Kier alpha value is -2.88. The molecule has 118 valence electrons. The van der Waals surface area contributed by atoms with Gasteiger partial charge in [0.2, 0.25) is 0 Å². The van der Waals surface area contributed by atoms with E-state index >= 15 is 0 Å². The summed E-state index contributed by atoms with van der Waals surface area (Å²) in [6.07, 6.45) is 6.18. The Morgan fingerprint density at radius 1 is 1.13 bits per heavy atom. The van der Waals surface area contributed by atoms with Gasteiger partial charge in [0, 0.05) is 11.8 Å². The second-order valence-electron chi connectivity index (χ2n) is 4.86. The average Bonchev–Trinajstić information content (AvgIpc) is 2.61. The van der Waals surface area contributed by atoms with E-state index in [1.165, 1.54) is 0 Å². The molecule has 0 bridgehead atoms. The standard InChI is InChI=1S/C19H20N2O2/c1-2-15-23-18-12-10-17(11-13-18)19(22)21-20-14-6-9-16-7-4-3-5-8-16/h3-14H,2,15H2,1H3,(H,21,22)/b9-6+,20-14-. The molecule has 0 saturated carbocycles. The summed E-state index contributed by atoms with van der Waals surface area (Å²) in [6, 6.07) is 16.9. The first kappa shape index (κ1) is 16.5. The lowest BCUT2D eigenvalue weighted by Crippen LogP contribution is -2.17. The minimum atomic E-state index is -0.253. The lowest BCUT2D eigenvalue weighted by atomic mass is 10.2. The molecular formula is C19H20N2O2. The third kappa shape index (κ3) is 5.79. The fourth-order valence-electron chi connectivity index (χ4n) is 1.84. The Balaban J connectivity index is 1.82. The zero-order valence-electron chi connectivity index (χ0n) is 13.1. The molecule has 0 spiro atoms. The van der Waals surface area contributed by atoms with Gasteiger partial charge in [0.15, 0.2) is 0 Å². The molecule has 4 nitrogen and oxygen atoms in total. The van der Waals surface area contributed by atoms with Crippen LogP contribution in [0, 0.1) is 0 Å². The SMILES string of the molecule is CCCOc1ccc(C(=O)N/N=C\C=C\c2ccccc2)cc1. The molecule has 0 unspecified atom stereocenters. The number of nitrogens with one attached hydrogen (secondary N) is 1. The maximum atomic E-state index is 11.9. The maximum absolute atomic E-state index is 11.9. The van der Waals surface area contributed by atoms with Gasteiger partial charge >= 0.3 is 0 Å². The highest BCUT2D eigenvalue weighted by atomic mass is 16.5. The van der Waals surface area contributed by atoms with Gasteiger partial charge in [-0.2, -0.15) is 5.10 Å². The molecular weight excluding hydrogens is 288 g/mol. The van der Waals surface area contributed by atoms with Gasteiger partial charge in [-0.1, -0.05) is 43.3 Å². The van der Waals surface area contributed by atoms with Crippen molar-refractivity contribution in [2.24, 2.45) is 5.10 Å². The van der Waals surface area contributed by atoms with Crippen molar-refractivity contribution in [3.05, 3.63) is 71.8 Å². The number of nitrogens with zero attached hydrogens (tertiary/aromatic N) is 1. The number of carbonyl (C=O) groups is 1. The quantitative estimate of drug-likeness (QED) is 0.623. The van der Waals surface area contributed by atoms with Crippen molar-refractivity contribution in [3.8, 4) is 5.75 Å². The van der Waals surface area contributed by atoms with Crippen LogP contribution in [0.1, 0.15) is 29.3 Å². The Kier molecular flexibility index (Phi) is 6.60. The molecule has 0 fully saturated rings. The van der Waals surface area contributed by atoms with E-state index in [9.17, 15) is 4.79 Å². The number of carbonyl (C=O) groups excluding carboxylic acids is 1. The average molecular weight is 308 g/mol. The summed E-state index contributed by atoms with van der Waals surface area (Å²) < 4.78 is 5.47. The molecule has 0 aliphatic heterocycles. The topological polar surface area (TPSA) is 50.7 Å². The first-order valence-electron chi connectivity index (χ1n) is 7.57. The van der Waals surface area contributed by atoms with E-state index < -0.39 is 0 Å². The van der Waals surface area contributed by atoms with Gasteiger partial charge in [0.05, 0.1) is 6.61 Å². The number of benzene rings is 2. The normalized spacial score (nSPS) is 11.0. The number of allylic oxidation sites excluding steroid dienone is 1. The molecule has 0 aromatic heterocycles. The van der Waals surface area contributed by atoms with Crippen LogP contribution in [-0.4, -0.2) is 18.7 Å². The highest BCUT2D eigenvalue weighted by Gasteiger charge is 2.03. The van der Waals surface area contributed by atoms with Crippen molar-refractivity contribution in [2.75, 3.05) is 6.61 Å². The smallest absolute Gasteiger partial charge is 0.271 e. The number of ether oxygens (including phenoxy) is 1. The van der Waals surface area contributed by atoms with Gasteiger partial charge < -0.3 is 4.74 Å². The van der Waals surface area contributed by atoms with Crippen molar-refractivity contribution in [1.82, 2.24) is 5.43 Å². The summed E-state index contributed by atoms with van der Waals surface area (Å²) in [5, 5.41) is 3.89. The Morgan fingerprint density at radius 2 is 1.87 bits per heavy atom. The van der Waals surface area contributed by atoms with Gasteiger partial charge in [-0.3, -0.25) is 4.79 Å². The third-order valence-electron chi connectivity index (χ3n) is 3.00. The molecule has 1 N–H and O–H groups in total. The van der Waals surface area contributed by atoms with Gasteiger partial charge in [-0.05, 0) is 42.3 Å². The molecule has 0 heterocycles. The summed E-state index contributed by atoms with van der Waals surface area (Å²) in [5.41, 5.74) is 4.10. The summed E-state index contributed by atoms with van der Waals surface area (Å²) >= 11 is 0. The Bertz CT molecular complexity index is 662. The molecule has 0 atom stereocenters. The van der Waals surface area contributed by atoms with Crippen LogP contribution >= 0.6 is 0 Å². The van der Waals surface area contributed by atoms with Gasteiger partial charge in [0.1, 0.15) is 5.75 Å². The van der Waals surface area contributed by atoms with Crippen LogP contribution in [0.5, 0.6) is 5.75 Å². The third-order valence-corrected chi connectivity index (χ3v) is 3.00. The first-order valence-corrected chi connectivity index (χ1v) is 7.57. The van der Waals surface area contributed by atoms with Crippen LogP contribution in [0.25, 0.3) is 6.08 Å². The van der Waals surface area contributed by atoms with Gasteiger partial charge in [-0.15, -0.1) is 0 Å². The molecule has 0 aliphatic rings. The monoisotopic (exact) mass is 308 g/mol. The molecule has 2 rings (SSSR count). The summed E-state index contributed by atoms with van der Waals surface area (Å²) in [7, 11) is 0. The zero-order chi connectivity index (χ0) is 16.3. The van der Waals surface area contributed by atoms with Crippen molar-refractivity contribution in [3.63, 3.8) is 0 Å².